The highest BCUT2D eigenvalue weighted by Crippen LogP contribution is 2.21. The van der Waals surface area contributed by atoms with Crippen LogP contribution in [0.4, 0.5) is 0 Å². The Bertz CT molecular complexity index is 729. The molecular weight excluding hydrogens is 302 g/mol. The van der Waals surface area contributed by atoms with E-state index in [4.69, 9.17) is 4.74 Å². The third-order valence-corrected chi connectivity index (χ3v) is 7.19. The Kier molecular flexibility index (Phi) is 4.60. The van der Waals surface area contributed by atoms with Crippen LogP contribution in [-0.2, 0) is 21.4 Å². The van der Waals surface area contributed by atoms with E-state index in [1.807, 2.05) is 24.3 Å². The van der Waals surface area contributed by atoms with E-state index in [0.717, 1.165) is 22.5 Å². The van der Waals surface area contributed by atoms with E-state index >= 15 is 0 Å². The first kappa shape index (κ1) is 16.3. The van der Waals surface area contributed by atoms with Gasteiger partial charge in [0.25, 0.3) is 0 Å². The molecule has 0 bridgehead atoms. The molecule has 1 aromatic heterocycles. The maximum atomic E-state index is 12.5. The van der Waals surface area contributed by atoms with Gasteiger partial charge < -0.3 is 4.74 Å². The van der Waals surface area contributed by atoms with Gasteiger partial charge in [0.05, 0.1) is 17.9 Å². The molecule has 116 valence electrons. The molecule has 1 heterocycles. The first-order valence-electron chi connectivity index (χ1n) is 7.05. The van der Waals surface area contributed by atoms with Crippen LogP contribution in [0, 0.1) is 0 Å². The van der Waals surface area contributed by atoms with Crippen LogP contribution in [0.15, 0.2) is 30.5 Å². The second-order valence-electron chi connectivity index (χ2n) is 6.56. The van der Waals surface area contributed by atoms with Crippen LogP contribution in [0.1, 0.15) is 5.56 Å². The Balaban J connectivity index is 2.34. The molecule has 0 saturated carbocycles. The topological polar surface area (TPSA) is 48.3 Å². The fourth-order valence-corrected chi connectivity index (χ4v) is 6.59. The number of ether oxygens (including phenoxy) is 1. The third-order valence-electron chi connectivity index (χ3n) is 3.44. The lowest BCUT2D eigenvalue weighted by molar-refractivity contribution is 0.185. The van der Waals surface area contributed by atoms with E-state index in [1.54, 1.807) is 13.3 Å². The predicted octanol–water partition coefficient (Wildman–Crippen LogP) is 3.30. The normalized spacial score (nSPS) is 13.0. The van der Waals surface area contributed by atoms with Crippen LogP contribution in [0.3, 0.4) is 0 Å². The lowest BCUT2D eigenvalue weighted by Gasteiger charge is -2.16. The van der Waals surface area contributed by atoms with Gasteiger partial charge in [-0.2, -0.15) is 0 Å². The Morgan fingerprint density at radius 3 is 2.52 bits per heavy atom. The minimum atomic E-state index is -3.28. The van der Waals surface area contributed by atoms with Gasteiger partial charge in [0.15, 0.2) is 0 Å². The largest absolute Gasteiger partial charge is 0.380 e. The SMILES string of the molecule is COCc1ccc2c(ccn2S(=O)(=O)CC[Si](C)(C)C)c1. The summed E-state index contributed by atoms with van der Waals surface area (Å²) in [7, 11) is -3.01. The standard InChI is InChI=1S/C15H23NO3SSi/c1-19-12-13-5-6-15-14(11-13)7-8-16(15)20(17,18)9-10-21(2,3)4/h5-8,11H,9-10,12H2,1-4H3. The quantitative estimate of drug-likeness (QED) is 0.766. The number of hydrogen-bond acceptors (Lipinski definition) is 3. The first-order valence-corrected chi connectivity index (χ1v) is 12.4. The molecule has 0 aliphatic heterocycles. The predicted molar refractivity (Wildman–Crippen MR) is 90.0 cm³/mol. The lowest BCUT2D eigenvalue weighted by atomic mass is 10.2. The summed E-state index contributed by atoms with van der Waals surface area (Å²) in [5, 5.41) is 0.932. The molecule has 0 spiro atoms. The van der Waals surface area contributed by atoms with Gasteiger partial charge in [0.1, 0.15) is 0 Å². The van der Waals surface area contributed by atoms with E-state index < -0.39 is 18.1 Å². The van der Waals surface area contributed by atoms with E-state index in [9.17, 15) is 8.42 Å². The fourth-order valence-electron chi connectivity index (χ4n) is 2.20. The molecule has 0 fully saturated rings. The highest BCUT2D eigenvalue weighted by atomic mass is 32.2. The summed E-state index contributed by atoms with van der Waals surface area (Å²) < 4.78 is 31.6. The van der Waals surface area contributed by atoms with E-state index in [2.05, 4.69) is 19.6 Å². The summed E-state index contributed by atoms with van der Waals surface area (Å²) >= 11 is 0. The maximum Gasteiger partial charge on any atom is 0.238 e. The van der Waals surface area contributed by atoms with Gasteiger partial charge in [-0.05, 0) is 29.8 Å². The summed E-state index contributed by atoms with van der Waals surface area (Å²) in [5.74, 6) is 0.215. The molecule has 4 nitrogen and oxygen atoms in total. The number of benzene rings is 1. The summed E-state index contributed by atoms with van der Waals surface area (Å²) in [5.41, 5.74) is 1.78. The van der Waals surface area contributed by atoms with Gasteiger partial charge in [0.2, 0.25) is 10.0 Å². The summed E-state index contributed by atoms with van der Waals surface area (Å²) in [6, 6.07) is 8.37. The molecule has 0 unspecified atom stereocenters. The molecule has 0 aliphatic rings. The van der Waals surface area contributed by atoms with Crippen LogP contribution < -0.4 is 0 Å². The van der Waals surface area contributed by atoms with Crippen LogP contribution in [0.25, 0.3) is 10.9 Å². The number of fused-ring (bicyclic) bond motifs is 1. The number of aromatic nitrogens is 1. The average molecular weight is 326 g/mol. The van der Waals surface area contributed by atoms with Crippen molar-refractivity contribution >= 4 is 29.0 Å². The van der Waals surface area contributed by atoms with E-state index in [1.165, 1.54) is 3.97 Å². The van der Waals surface area contributed by atoms with Crippen molar-refractivity contribution < 1.29 is 13.2 Å². The highest BCUT2D eigenvalue weighted by molar-refractivity contribution is 7.90. The van der Waals surface area contributed by atoms with E-state index in [0.29, 0.717) is 6.61 Å². The van der Waals surface area contributed by atoms with Crippen molar-refractivity contribution in [2.75, 3.05) is 12.9 Å². The van der Waals surface area contributed by atoms with Crippen molar-refractivity contribution in [2.24, 2.45) is 0 Å². The van der Waals surface area contributed by atoms with Crippen molar-refractivity contribution in [3.05, 3.63) is 36.0 Å². The Labute approximate surface area is 127 Å². The average Bonchev–Trinajstić information content (AvgIpc) is 2.80. The van der Waals surface area contributed by atoms with Gasteiger partial charge in [-0.3, -0.25) is 0 Å². The van der Waals surface area contributed by atoms with Crippen LogP contribution in [0.2, 0.25) is 25.7 Å². The molecule has 0 atom stereocenters. The second kappa shape index (κ2) is 5.94. The van der Waals surface area contributed by atoms with Gasteiger partial charge in [-0.15, -0.1) is 0 Å². The fraction of sp³-hybridized carbons (Fsp3) is 0.467. The zero-order valence-electron chi connectivity index (χ0n) is 13.1. The molecule has 21 heavy (non-hydrogen) atoms. The van der Waals surface area contributed by atoms with Crippen molar-refractivity contribution in [3.8, 4) is 0 Å². The minimum absolute atomic E-state index is 0.215. The molecule has 2 aromatic rings. The number of rotatable bonds is 6. The van der Waals surface area contributed by atoms with Crippen molar-refractivity contribution in [2.45, 2.75) is 32.3 Å². The summed E-state index contributed by atoms with van der Waals surface area (Å²) in [6.45, 7) is 7.09. The molecule has 0 N–H and O–H groups in total. The smallest absolute Gasteiger partial charge is 0.238 e. The Hall–Kier alpha value is -1.11. The summed E-state index contributed by atoms with van der Waals surface area (Å²) in [4.78, 5) is 0. The third kappa shape index (κ3) is 3.96. The van der Waals surface area contributed by atoms with Crippen LogP contribution >= 0.6 is 0 Å². The highest BCUT2D eigenvalue weighted by Gasteiger charge is 2.21. The number of hydrogen-bond donors (Lipinski definition) is 0. The van der Waals surface area contributed by atoms with Gasteiger partial charge in [-0.25, -0.2) is 12.4 Å². The first-order chi connectivity index (χ1) is 9.73. The van der Waals surface area contributed by atoms with Crippen molar-refractivity contribution in [1.29, 1.82) is 0 Å². The van der Waals surface area contributed by atoms with Gasteiger partial charge >= 0.3 is 0 Å². The van der Waals surface area contributed by atoms with Crippen molar-refractivity contribution in [3.63, 3.8) is 0 Å². The monoisotopic (exact) mass is 325 g/mol. The molecule has 1 aromatic carbocycles. The van der Waals surface area contributed by atoms with Crippen LogP contribution in [-0.4, -0.2) is 33.3 Å². The van der Waals surface area contributed by atoms with Gasteiger partial charge in [-0.1, -0.05) is 25.7 Å². The molecule has 0 saturated heterocycles. The molecule has 2 rings (SSSR count). The molecule has 0 amide bonds. The van der Waals surface area contributed by atoms with E-state index in [-0.39, 0.29) is 5.75 Å². The maximum absolute atomic E-state index is 12.5. The molecular formula is C15H23NO3SSi. The molecule has 0 aliphatic carbocycles. The number of methoxy groups -OCH3 is 1. The lowest BCUT2D eigenvalue weighted by Crippen LogP contribution is -2.26. The Morgan fingerprint density at radius 1 is 1.19 bits per heavy atom. The summed E-state index contributed by atoms with van der Waals surface area (Å²) in [6.07, 6.45) is 1.65. The molecule has 6 heteroatoms. The van der Waals surface area contributed by atoms with Crippen molar-refractivity contribution in [1.82, 2.24) is 3.97 Å². The zero-order chi connectivity index (χ0) is 15.7. The molecule has 0 radical (unpaired) electrons. The minimum Gasteiger partial charge on any atom is -0.380 e. The Morgan fingerprint density at radius 2 is 1.90 bits per heavy atom. The van der Waals surface area contributed by atoms with Crippen LogP contribution in [0.5, 0.6) is 0 Å². The second-order valence-corrected chi connectivity index (χ2v) is 14.2. The number of nitrogens with zero attached hydrogens (tertiary/aromatic N) is 1. The van der Waals surface area contributed by atoms with Gasteiger partial charge in [0, 0.05) is 26.8 Å². The zero-order valence-corrected chi connectivity index (χ0v) is 14.9.